The van der Waals surface area contributed by atoms with Gasteiger partial charge in [-0.05, 0) is 19.3 Å². The van der Waals surface area contributed by atoms with Crippen molar-refractivity contribution in [3.8, 4) is 0 Å². The number of amides is 2. The van der Waals surface area contributed by atoms with Crippen LogP contribution < -0.4 is 10.6 Å². The first-order valence-electron chi connectivity index (χ1n) is 6.38. The summed E-state index contributed by atoms with van der Waals surface area (Å²) in [7, 11) is 0. The van der Waals surface area contributed by atoms with E-state index in [1.54, 1.807) is 0 Å². The van der Waals surface area contributed by atoms with E-state index in [-0.39, 0.29) is 36.3 Å². The summed E-state index contributed by atoms with van der Waals surface area (Å²) < 4.78 is 0. The Bertz CT molecular complexity index is 296. The van der Waals surface area contributed by atoms with Crippen molar-refractivity contribution in [1.29, 1.82) is 0 Å². The molecule has 3 atom stereocenters. The number of carbonyl (C=O) groups is 2. The molecule has 3 N–H and O–H groups in total. The zero-order valence-corrected chi connectivity index (χ0v) is 9.95. The van der Waals surface area contributed by atoms with Crippen LogP contribution in [0.2, 0.25) is 0 Å². The summed E-state index contributed by atoms with van der Waals surface area (Å²) >= 11 is 0. The van der Waals surface area contributed by atoms with Crippen LogP contribution in [0.1, 0.15) is 32.1 Å². The highest BCUT2D eigenvalue weighted by molar-refractivity contribution is 5.83. The molecule has 1 saturated heterocycles. The van der Waals surface area contributed by atoms with Crippen molar-refractivity contribution in [3.05, 3.63) is 0 Å². The fourth-order valence-corrected chi connectivity index (χ4v) is 2.70. The second-order valence-corrected chi connectivity index (χ2v) is 5.03. The first-order valence-corrected chi connectivity index (χ1v) is 6.38. The van der Waals surface area contributed by atoms with Crippen LogP contribution >= 0.6 is 0 Å². The summed E-state index contributed by atoms with van der Waals surface area (Å²) in [6.07, 6.45) is 4.08. The number of rotatable bonds is 3. The highest BCUT2D eigenvalue weighted by atomic mass is 16.3. The van der Waals surface area contributed by atoms with E-state index in [4.69, 9.17) is 0 Å². The van der Waals surface area contributed by atoms with Gasteiger partial charge in [0.2, 0.25) is 11.8 Å². The molecule has 17 heavy (non-hydrogen) atoms. The largest absolute Gasteiger partial charge is 0.396 e. The Kier molecular flexibility index (Phi) is 3.99. The third-order valence-electron chi connectivity index (χ3n) is 3.86. The lowest BCUT2D eigenvalue weighted by Gasteiger charge is -2.25. The van der Waals surface area contributed by atoms with Crippen molar-refractivity contribution in [2.45, 2.75) is 38.1 Å². The number of hydrogen-bond donors (Lipinski definition) is 3. The Labute approximate surface area is 101 Å². The quantitative estimate of drug-likeness (QED) is 0.638. The number of aliphatic hydroxyl groups is 1. The normalized spacial score (nSPS) is 33.2. The number of piperidine rings is 1. The van der Waals surface area contributed by atoms with Crippen molar-refractivity contribution in [3.63, 3.8) is 0 Å². The van der Waals surface area contributed by atoms with Gasteiger partial charge in [0.25, 0.3) is 0 Å². The minimum absolute atomic E-state index is 0.0235. The molecule has 3 unspecified atom stereocenters. The van der Waals surface area contributed by atoms with E-state index in [2.05, 4.69) is 10.6 Å². The lowest BCUT2D eigenvalue weighted by atomic mass is 9.97. The lowest BCUT2D eigenvalue weighted by Crippen LogP contribution is -2.47. The molecule has 1 heterocycles. The topological polar surface area (TPSA) is 78.4 Å². The van der Waals surface area contributed by atoms with Crippen molar-refractivity contribution in [1.82, 2.24) is 10.6 Å². The number of hydrogen-bond acceptors (Lipinski definition) is 3. The van der Waals surface area contributed by atoms with E-state index in [0.717, 1.165) is 19.3 Å². The van der Waals surface area contributed by atoms with Gasteiger partial charge in [0, 0.05) is 31.5 Å². The molecular formula is C12H20N2O3. The Hall–Kier alpha value is -1.10. The molecule has 0 aromatic carbocycles. The number of aliphatic hydroxyl groups excluding tert-OH is 1. The van der Waals surface area contributed by atoms with Gasteiger partial charge >= 0.3 is 0 Å². The molecule has 2 rings (SSSR count). The zero-order valence-electron chi connectivity index (χ0n) is 9.95. The molecule has 1 aliphatic heterocycles. The van der Waals surface area contributed by atoms with Gasteiger partial charge in [-0.25, -0.2) is 0 Å². The van der Waals surface area contributed by atoms with Crippen molar-refractivity contribution in [2.75, 3.05) is 13.2 Å². The van der Waals surface area contributed by atoms with E-state index in [1.165, 1.54) is 0 Å². The summed E-state index contributed by atoms with van der Waals surface area (Å²) in [5.74, 6) is 0.156. The minimum Gasteiger partial charge on any atom is -0.396 e. The van der Waals surface area contributed by atoms with Crippen LogP contribution in [0.4, 0.5) is 0 Å². The van der Waals surface area contributed by atoms with Gasteiger partial charge in [0.05, 0.1) is 5.92 Å². The smallest absolute Gasteiger partial charge is 0.225 e. The third kappa shape index (κ3) is 2.97. The molecule has 5 heteroatoms. The first kappa shape index (κ1) is 12.4. The summed E-state index contributed by atoms with van der Waals surface area (Å²) in [5.41, 5.74) is 0. The lowest BCUT2D eigenvalue weighted by molar-refractivity contribution is -0.129. The van der Waals surface area contributed by atoms with Crippen molar-refractivity contribution < 1.29 is 14.7 Å². The Morgan fingerprint density at radius 1 is 1.41 bits per heavy atom. The Balaban J connectivity index is 1.82. The SMILES string of the molecule is O=C1CCC(C(=O)NC2CCCC2CO)CN1. The maximum atomic E-state index is 12.0. The second-order valence-electron chi connectivity index (χ2n) is 5.03. The maximum absolute atomic E-state index is 12.0. The average Bonchev–Trinajstić information content (AvgIpc) is 2.77. The van der Waals surface area contributed by atoms with Crippen LogP contribution in [0.25, 0.3) is 0 Å². The summed E-state index contributed by atoms with van der Waals surface area (Å²) in [5, 5.41) is 14.9. The molecule has 1 aliphatic carbocycles. The third-order valence-corrected chi connectivity index (χ3v) is 3.86. The van der Waals surface area contributed by atoms with Crippen LogP contribution in [0.5, 0.6) is 0 Å². The molecule has 0 bridgehead atoms. The van der Waals surface area contributed by atoms with Gasteiger partial charge in [-0.2, -0.15) is 0 Å². The van der Waals surface area contributed by atoms with E-state index >= 15 is 0 Å². The second kappa shape index (κ2) is 5.49. The molecule has 5 nitrogen and oxygen atoms in total. The molecule has 2 fully saturated rings. The van der Waals surface area contributed by atoms with Gasteiger partial charge in [-0.15, -0.1) is 0 Å². The monoisotopic (exact) mass is 240 g/mol. The Morgan fingerprint density at radius 3 is 2.88 bits per heavy atom. The van der Waals surface area contributed by atoms with Crippen molar-refractivity contribution >= 4 is 11.8 Å². The minimum atomic E-state index is -0.104. The fourth-order valence-electron chi connectivity index (χ4n) is 2.70. The van der Waals surface area contributed by atoms with Gasteiger partial charge in [0.1, 0.15) is 0 Å². The van der Waals surface area contributed by atoms with Crippen LogP contribution in [0.15, 0.2) is 0 Å². The standard InChI is InChI=1S/C12H20N2O3/c15-7-9-2-1-3-10(9)14-12(17)8-4-5-11(16)13-6-8/h8-10,15H,1-7H2,(H,13,16)(H,14,17). The van der Waals surface area contributed by atoms with E-state index in [1.807, 2.05) is 0 Å². The molecular weight excluding hydrogens is 220 g/mol. The number of carbonyl (C=O) groups excluding carboxylic acids is 2. The molecule has 1 saturated carbocycles. The van der Waals surface area contributed by atoms with Crippen LogP contribution in [0.3, 0.4) is 0 Å². The molecule has 96 valence electrons. The van der Waals surface area contributed by atoms with Gasteiger partial charge in [0.15, 0.2) is 0 Å². The van der Waals surface area contributed by atoms with E-state index < -0.39 is 0 Å². The molecule has 0 aromatic rings. The van der Waals surface area contributed by atoms with E-state index in [0.29, 0.717) is 19.4 Å². The molecule has 2 aliphatic rings. The van der Waals surface area contributed by atoms with E-state index in [9.17, 15) is 14.7 Å². The molecule has 0 aromatic heterocycles. The summed E-state index contributed by atoms with van der Waals surface area (Å²) in [6, 6.07) is 0.116. The highest BCUT2D eigenvalue weighted by Gasteiger charge is 2.31. The van der Waals surface area contributed by atoms with Gasteiger partial charge in [-0.3, -0.25) is 9.59 Å². The maximum Gasteiger partial charge on any atom is 0.225 e. The summed E-state index contributed by atoms with van der Waals surface area (Å²) in [4.78, 5) is 23.0. The predicted octanol–water partition coefficient (Wildman–Crippen LogP) is -0.210. The van der Waals surface area contributed by atoms with Crippen LogP contribution in [-0.2, 0) is 9.59 Å². The van der Waals surface area contributed by atoms with Gasteiger partial charge < -0.3 is 15.7 Å². The predicted molar refractivity (Wildman–Crippen MR) is 62.1 cm³/mol. The Morgan fingerprint density at radius 2 is 2.24 bits per heavy atom. The first-order chi connectivity index (χ1) is 8.20. The zero-order chi connectivity index (χ0) is 12.3. The molecule has 2 amide bonds. The van der Waals surface area contributed by atoms with Crippen LogP contribution in [0, 0.1) is 11.8 Å². The fraction of sp³-hybridized carbons (Fsp3) is 0.833. The number of nitrogens with one attached hydrogen (secondary N) is 2. The summed E-state index contributed by atoms with van der Waals surface area (Å²) in [6.45, 7) is 0.591. The molecule has 0 radical (unpaired) electrons. The molecule has 0 spiro atoms. The highest BCUT2D eigenvalue weighted by Crippen LogP contribution is 2.25. The van der Waals surface area contributed by atoms with Gasteiger partial charge in [-0.1, -0.05) is 6.42 Å². The average molecular weight is 240 g/mol. The van der Waals surface area contributed by atoms with Crippen molar-refractivity contribution in [2.24, 2.45) is 11.8 Å². The van der Waals surface area contributed by atoms with Crippen LogP contribution in [-0.4, -0.2) is 36.1 Å².